The molecule has 3 atom stereocenters. The van der Waals surface area contributed by atoms with E-state index in [0.29, 0.717) is 11.3 Å². The summed E-state index contributed by atoms with van der Waals surface area (Å²) >= 11 is 0. The van der Waals surface area contributed by atoms with Gasteiger partial charge in [0.25, 0.3) is 11.8 Å². The summed E-state index contributed by atoms with van der Waals surface area (Å²) in [7, 11) is -2.55. The molecule has 2 amide bonds. The van der Waals surface area contributed by atoms with E-state index in [1.165, 1.54) is 42.5 Å². The zero-order chi connectivity index (χ0) is 29.0. The highest BCUT2D eigenvalue weighted by Crippen LogP contribution is 2.31. The molecule has 40 heavy (non-hydrogen) atoms. The molecule has 0 radical (unpaired) electrons. The lowest BCUT2D eigenvalue weighted by Crippen LogP contribution is -2.50. The molecule has 212 valence electrons. The van der Waals surface area contributed by atoms with Crippen LogP contribution in [0.3, 0.4) is 0 Å². The number of benzene rings is 2. The van der Waals surface area contributed by atoms with E-state index in [1.54, 1.807) is 31.2 Å². The Balaban J connectivity index is 1.65. The van der Waals surface area contributed by atoms with E-state index in [0.717, 1.165) is 16.4 Å². The van der Waals surface area contributed by atoms with E-state index in [9.17, 15) is 27.5 Å². The Hall–Kier alpha value is -3.87. The van der Waals surface area contributed by atoms with Gasteiger partial charge in [0.15, 0.2) is 0 Å². The van der Waals surface area contributed by atoms with Crippen LogP contribution in [0.2, 0.25) is 0 Å². The average molecular weight is 571 g/mol. The van der Waals surface area contributed by atoms with Crippen molar-refractivity contribution in [3.05, 3.63) is 83.9 Å². The van der Waals surface area contributed by atoms with Crippen molar-refractivity contribution >= 4 is 27.5 Å². The van der Waals surface area contributed by atoms with Gasteiger partial charge in [0.2, 0.25) is 10.0 Å². The number of nitrogens with zero attached hydrogens (tertiary/aromatic N) is 3. The number of likely N-dealkylation sites (N-methyl/N-ethyl adjacent to an activating group) is 1. The topological polar surface area (TPSA) is 129 Å². The van der Waals surface area contributed by atoms with Gasteiger partial charge in [0.05, 0.1) is 29.7 Å². The van der Waals surface area contributed by atoms with Crippen LogP contribution in [0.1, 0.15) is 34.6 Å². The molecule has 1 aromatic heterocycles. The molecule has 3 aromatic rings. The van der Waals surface area contributed by atoms with Gasteiger partial charge in [-0.3, -0.25) is 14.6 Å². The van der Waals surface area contributed by atoms with Crippen molar-refractivity contribution in [1.29, 1.82) is 0 Å². The molecular weight excluding hydrogens is 539 g/mol. The minimum absolute atomic E-state index is 0.0591. The highest BCUT2D eigenvalue weighted by atomic mass is 32.2. The number of nitrogens with one attached hydrogen (secondary N) is 1. The maximum Gasteiger partial charge on any atom is 0.258 e. The lowest BCUT2D eigenvalue weighted by atomic mass is 9.99. The molecule has 0 fully saturated rings. The Labute approximate surface area is 232 Å². The summed E-state index contributed by atoms with van der Waals surface area (Å²) in [4.78, 5) is 31.6. The first-order valence-electron chi connectivity index (χ1n) is 12.7. The third-order valence-corrected chi connectivity index (χ3v) is 8.66. The number of halogens is 1. The molecule has 10 nitrogen and oxygen atoms in total. The minimum Gasteiger partial charge on any atom is -0.488 e. The number of rotatable bonds is 8. The first kappa shape index (κ1) is 29.1. The lowest BCUT2D eigenvalue weighted by Gasteiger charge is -2.38. The second-order valence-electron chi connectivity index (χ2n) is 9.76. The fourth-order valence-electron chi connectivity index (χ4n) is 4.36. The average Bonchev–Trinajstić information content (AvgIpc) is 2.95. The zero-order valence-corrected chi connectivity index (χ0v) is 23.1. The number of hydrogen-bond donors (Lipinski definition) is 2. The molecule has 0 bridgehead atoms. The van der Waals surface area contributed by atoms with Crippen LogP contribution in [-0.2, 0) is 10.0 Å². The van der Waals surface area contributed by atoms with Gasteiger partial charge in [0, 0.05) is 43.2 Å². The minimum atomic E-state index is -3.95. The number of hydrogen-bond acceptors (Lipinski definition) is 7. The summed E-state index contributed by atoms with van der Waals surface area (Å²) in [5.74, 6) is -1.45. The normalized spacial score (nSPS) is 18.4. The van der Waals surface area contributed by atoms with E-state index in [1.807, 2.05) is 6.92 Å². The number of carbonyl (C=O) groups is 2. The van der Waals surface area contributed by atoms with Crippen LogP contribution in [-0.4, -0.2) is 78.4 Å². The highest BCUT2D eigenvalue weighted by molar-refractivity contribution is 7.89. The van der Waals surface area contributed by atoms with Crippen molar-refractivity contribution in [2.24, 2.45) is 5.92 Å². The second-order valence-corrected chi connectivity index (χ2v) is 11.8. The maximum absolute atomic E-state index is 13.6. The summed E-state index contributed by atoms with van der Waals surface area (Å²) < 4.78 is 47.1. The van der Waals surface area contributed by atoms with Crippen LogP contribution in [0.5, 0.6) is 5.75 Å². The molecule has 0 spiro atoms. The SMILES string of the molecule is C[C@H](CO)N1C[C@H](C)[C@H](CN(C)S(=O)(=O)c2ccc(F)cc2)Oc2ccc(NC(=O)c3ccncc3)cc2C1=O. The molecule has 4 rings (SSSR count). The van der Waals surface area contributed by atoms with Crippen molar-refractivity contribution in [3.63, 3.8) is 0 Å². The fourth-order valence-corrected chi connectivity index (χ4v) is 5.55. The lowest BCUT2D eigenvalue weighted by molar-refractivity contribution is 0.0387. The summed E-state index contributed by atoms with van der Waals surface area (Å²) in [6, 6.07) is 11.8. The molecule has 2 N–H and O–H groups in total. The van der Waals surface area contributed by atoms with Gasteiger partial charge in [-0.15, -0.1) is 0 Å². The number of pyridine rings is 1. The van der Waals surface area contributed by atoms with Crippen molar-refractivity contribution in [1.82, 2.24) is 14.2 Å². The van der Waals surface area contributed by atoms with Crippen molar-refractivity contribution < 1.29 is 32.2 Å². The van der Waals surface area contributed by atoms with Crippen molar-refractivity contribution in [3.8, 4) is 5.75 Å². The number of anilines is 1. The molecule has 0 unspecified atom stereocenters. The van der Waals surface area contributed by atoms with E-state index in [-0.39, 0.29) is 47.7 Å². The summed E-state index contributed by atoms with van der Waals surface area (Å²) in [6.07, 6.45) is 2.31. The van der Waals surface area contributed by atoms with Crippen LogP contribution < -0.4 is 10.1 Å². The Kier molecular flexibility index (Phi) is 8.82. The Bertz CT molecular complexity index is 1470. The van der Waals surface area contributed by atoms with Gasteiger partial charge in [-0.2, -0.15) is 4.31 Å². The number of fused-ring (bicyclic) bond motifs is 1. The highest BCUT2D eigenvalue weighted by Gasteiger charge is 2.35. The summed E-state index contributed by atoms with van der Waals surface area (Å²) in [6.45, 7) is 3.39. The number of aliphatic hydroxyl groups excluding tert-OH is 1. The van der Waals surface area contributed by atoms with Gasteiger partial charge in [-0.05, 0) is 61.5 Å². The monoisotopic (exact) mass is 570 g/mol. The van der Waals surface area contributed by atoms with E-state index in [2.05, 4.69) is 10.3 Å². The first-order chi connectivity index (χ1) is 19.0. The Morgan fingerprint density at radius 3 is 2.52 bits per heavy atom. The predicted octanol–water partition coefficient (Wildman–Crippen LogP) is 3.01. The maximum atomic E-state index is 13.6. The number of aromatic nitrogens is 1. The molecule has 2 aromatic carbocycles. The van der Waals surface area contributed by atoms with E-state index < -0.39 is 33.9 Å². The van der Waals surface area contributed by atoms with Gasteiger partial charge >= 0.3 is 0 Å². The third-order valence-electron chi connectivity index (χ3n) is 6.82. The molecule has 12 heteroatoms. The first-order valence-corrected chi connectivity index (χ1v) is 14.1. The second kappa shape index (κ2) is 12.1. The third kappa shape index (κ3) is 6.30. The molecule has 0 aliphatic carbocycles. The molecule has 0 saturated carbocycles. The molecular formula is C28H31FN4O6S. The Morgan fingerprint density at radius 2 is 1.88 bits per heavy atom. The van der Waals surface area contributed by atoms with Crippen LogP contribution >= 0.6 is 0 Å². The largest absolute Gasteiger partial charge is 0.488 e. The number of amides is 2. The smallest absolute Gasteiger partial charge is 0.258 e. The number of carbonyl (C=O) groups excluding carboxylic acids is 2. The van der Waals surface area contributed by atoms with E-state index in [4.69, 9.17) is 4.74 Å². The van der Waals surface area contributed by atoms with Crippen molar-refractivity contribution in [2.45, 2.75) is 30.9 Å². The molecule has 0 saturated heterocycles. The number of ether oxygens (including phenoxy) is 1. The number of aliphatic hydroxyl groups is 1. The predicted molar refractivity (Wildman–Crippen MR) is 146 cm³/mol. The summed E-state index contributed by atoms with van der Waals surface area (Å²) in [5.41, 5.74) is 0.906. The van der Waals surface area contributed by atoms with Gasteiger partial charge in [-0.25, -0.2) is 12.8 Å². The fraction of sp³-hybridized carbons (Fsp3) is 0.321. The standard InChI is InChI=1S/C28H31FN4O6S/c1-18-15-33(19(2)17-34)28(36)24-14-22(31-27(35)20-10-12-30-13-11-20)6-9-25(24)39-26(18)16-32(3)40(37,38)23-7-4-21(29)5-8-23/h4-14,18-19,26,34H,15-17H2,1-3H3,(H,31,35)/t18-,19+,26-/m0/s1. The molecule has 1 aliphatic rings. The zero-order valence-electron chi connectivity index (χ0n) is 22.3. The number of sulfonamides is 1. The quantitative estimate of drug-likeness (QED) is 0.426. The van der Waals surface area contributed by atoms with Crippen LogP contribution in [0.4, 0.5) is 10.1 Å². The Morgan fingerprint density at radius 1 is 1.20 bits per heavy atom. The van der Waals surface area contributed by atoms with Gasteiger partial charge in [-0.1, -0.05) is 6.92 Å². The van der Waals surface area contributed by atoms with Crippen LogP contribution in [0, 0.1) is 11.7 Å². The summed E-state index contributed by atoms with van der Waals surface area (Å²) in [5, 5.41) is 12.6. The molecule has 2 heterocycles. The van der Waals surface area contributed by atoms with E-state index >= 15 is 0 Å². The molecule has 1 aliphatic heterocycles. The van der Waals surface area contributed by atoms with Crippen LogP contribution in [0.15, 0.2) is 71.9 Å². The van der Waals surface area contributed by atoms with Gasteiger partial charge in [0.1, 0.15) is 17.7 Å². The van der Waals surface area contributed by atoms with Gasteiger partial charge < -0.3 is 20.1 Å². The van der Waals surface area contributed by atoms with Crippen LogP contribution in [0.25, 0.3) is 0 Å². The van der Waals surface area contributed by atoms with Crippen molar-refractivity contribution in [2.75, 3.05) is 32.1 Å².